The number of halogens is 1. The van der Waals surface area contributed by atoms with Gasteiger partial charge in [0.05, 0.1) is 5.52 Å². The SMILES string of the molecule is CSCCNC(O)/C(Cc1c[nH]c2c(Br)cccc12)=N\O. The topological polar surface area (TPSA) is 80.6 Å². The van der Waals surface area contributed by atoms with E-state index in [1.807, 2.05) is 30.7 Å². The van der Waals surface area contributed by atoms with Crippen molar-refractivity contribution in [3.8, 4) is 0 Å². The first-order chi connectivity index (χ1) is 10.2. The third kappa shape index (κ3) is 4.00. The molecule has 1 aromatic carbocycles. The number of hydrogen-bond acceptors (Lipinski definition) is 5. The van der Waals surface area contributed by atoms with Crippen LogP contribution in [0.2, 0.25) is 0 Å². The highest BCUT2D eigenvalue weighted by molar-refractivity contribution is 9.10. The second-order valence-corrected chi connectivity index (χ2v) is 6.43. The summed E-state index contributed by atoms with van der Waals surface area (Å²) in [4.78, 5) is 3.19. The van der Waals surface area contributed by atoms with Crippen molar-refractivity contribution in [3.05, 3.63) is 34.4 Å². The predicted octanol–water partition coefficient (Wildman–Crippen LogP) is 2.57. The number of thioether (sulfide) groups is 1. The minimum atomic E-state index is -0.945. The minimum absolute atomic E-state index is 0.303. The number of aromatic amines is 1. The summed E-state index contributed by atoms with van der Waals surface area (Å²) in [5, 5.41) is 26.4. The van der Waals surface area contributed by atoms with Gasteiger partial charge in [-0.1, -0.05) is 17.3 Å². The zero-order chi connectivity index (χ0) is 15.2. The van der Waals surface area contributed by atoms with Crippen LogP contribution in [0.25, 0.3) is 10.9 Å². The van der Waals surface area contributed by atoms with Crippen LogP contribution in [0.4, 0.5) is 0 Å². The first-order valence-electron chi connectivity index (χ1n) is 6.53. The maximum atomic E-state index is 10.0. The number of H-pyrrole nitrogens is 1. The molecule has 0 bridgehead atoms. The molecule has 0 aliphatic heterocycles. The van der Waals surface area contributed by atoms with E-state index in [-0.39, 0.29) is 0 Å². The van der Waals surface area contributed by atoms with Gasteiger partial charge in [0.1, 0.15) is 11.9 Å². The van der Waals surface area contributed by atoms with Crippen molar-refractivity contribution in [1.82, 2.24) is 10.3 Å². The Morgan fingerprint density at radius 3 is 3.05 bits per heavy atom. The van der Waals surface area contributed by atoms with E-state index in [1.165, 1.54) is 0 Å². The Labute approximate surface area is 135 Å². The van der Waals surface area contributed by atoms with Gasteiger partial charge < -0.3 is 15.3 Å². The van der Waals surface area contributed by atoms with E-state index in [1.54, 1.807) is 11.8 Å². The number of rotatable bonds is 7. The number of aromatic nitrogens is 1. The van der Waals surface area contributed by atoms with Gasteiger partial charge in [0.15, 0.2) is 0 Å². The van der Waals surface area contributed by atoms with Crippen LogP contribution in [0.5, 0.6) is 0 Å². The lowest BCUT2D eigenvalue weighted by Crippen LogP contribution is -2.38. The first kappa shape index (κ1) is 16.4. The van der Waals surface area contributed by atoms with Gasteiger partial charge in [-0.2, -0.15) is 11.8 Å². The van der Waals surface area contributed by atoms with Crippen LogP contribution < -0.4 is 5.32 Å². The minimum Gasteiger partial charge on any atom is -0.411 e. The standard InChI is InChI=1S/C14H18BrN3O2S/c1-21-6-5-16-14(19)12(18-20)7-9-8-17-13-10(9)3-2-4-11(13)15/h2-4,8,14,16-17,19-20H,5-7H2,1H3/b18-12-. The molecule has 0 aliphatic rings. The number of aliphatic hydroxyl groups is 1. The van der Waals surface area contributed by atoms with Gasteiger partial charge in [0, 0.05) is 34.8 Å². The summed E-state index contributed by atoms with van der Waals surface area (Å²) in [5.41, 5.74) is 2.27. The number of benzene rings is 1. The van der Waals surface area contributed by atoms with Gasteiger partial charge in [-0.15, -0.1) is 0 Å². The molecule has 2 rings (SSSR count). The summed E-state index contributed by atoms with van der Waals surface area (Å²) < 4.78 is 0.979. The molecule has 7 heteroatoms. The Balaban J connectivity index is 2.12. The molecule has 0 amide bonds. The summed E-state index contributed by atoms with van der Waals surface area (Å²) in [7, 11) is 0. The molecular weight excluding hydrogens is 354 g/mol. The summed E-state index contributed by atoms with van der Waals surface area (Å²) >= 11 is 5.18. The average molecular weight is 372 g/mol. The monoisotopic (exact) mass is 371 g/mol. The molecular formula is C14H18BrN3O2S. The number of oxime groups is 1. The summed E-state index contributed by atoms with van der Waals surface area (Å²) in [6.45, 7) is 0.654. The number of fused-ring (bicyclic) bond motifs is 1. The van der Waals surface area contributed by atoms with Gasteiger partial charge in [-0.25, -0.2) is 0 Å². The van der Waals surface area contributed by atoms with E-state index < -0.39 is 6.23 Å². The average Bonchev–Trinajstić information content (AvgIpc) is 2.89. The Bertz CT molecular complexity index is 630. The van der Waals surface area contributed by atoms with Crippen LogP contribution in [0.3, 0.4) is 0 Å². The van der Waals surface area contributed by atoms with Crippen molar-refractivity contribution in [2.75, 3.05) is 18.6 Å². The highest BCUT2D eigenvalue weighted by atomic mass is 79.9. The molecule has 1 unspecified atom stereocenters. The normalized spacial score (nSPS) is 13.8. The van der Waals surface area contributed by atoms with Crippen molar-refractivity contribution in [2.45, 2.75) is 12.6 Å². The van der Waals surface area contributed by atoms with Gasteiger partial charge >= 0.3 is 0 Å². The summed E-state index contributed by atoms with van der Waals surface area (Å²) in [5.74, 6) is 0.885. The lowest BCUT2D eigenvalue weighted by molar-refractivity contribution is 0.196. The molecule has 0 fully saturated rings. The molecule has 0 saturated carbocycles. The zero-order valence-electron chi connectivity index (χ0n) is 11.6. The molecule has 1 heterocycles. The first-order valence-corrected chi connectivity index (χ1v) is 8.71. The molecule has 0 spiro atoms. The molecule has 0 saturated heterocycles. The highest BCUT2D eigenvalue weighted by Gasteiger charge is 2.16. The second kappa shape index (κ2) is 7.84. The number of nitrogens with zero attached hydrogens (tertiary/aromatic N) is 1. The number of nitrogens with one attached hydrogen (secondary N) is 2. The summed E-state index contributed by atoms with van der Waals surface area (Å²) in [6, 6.07) is 5.91. The fourth-order valence-electron chi connectivity index (χ4n) is 2.12. The molecule has 5 nitrogen and oxygen atoms in total. The van der Waals surface area contributed by atoms with Crippen LogP contribution >= 0.6 is 27.7 Å². The third-order valence-corrected chi connectivity index (χ3v) is 4.48. The third-order valence-electron chi connectivity index (χ3n) is 3.21. The van der Waals surface area contributed by atoms with Crippen LogP contribution in [0.1, 0.15) is 5.56 Å². The van der Waals surface area contributed by atoms with Crippen LogP contribution in [-0.2, 0) is 6.42 Å². The van der Waals surface area contributed by atoms with E-state index in [0.29, 0.717) is 18.7 Å². The molecule has 0 aliphatic carbocycles. The van der Waals surface area contributed by atoms with Gasteiger partial charge in [-0.3, -0.25) is 5.32 Å². The van der Waals surface area contributed by atoms with Crippen molar-refractivity contribution in [3.63, 3.8) is 0 Å². The van der Waals surface area contributed by atoms with Crippen LogP contribution in [0, 0.1) is 0 Å². The highest BCUT2D eigenvalue weighted by Crippen LogP contribution is 2.26. The Kier molecular flexibility index (Phi) is 6.10. The Hall–Kier alpha value is -1.02. The molecule has 114 valence electrons. The molecule has 2 aromatic rings. The van der Waals surface area contributed by atoms with Crippen LogP contribution in [-0.4, -0.2) is 45.8 Å². The number of aliphatic hydroxyl groups excluding tert-OH is 1. The van der Waals surface area contributed by atoms with E-state index in [9.17, 15) is 5.11 Å². The number of para-hydroxylation sites is 1. The van der Waals surface area contributed by atoms with Crippen molar-refractivity contribution in [2.24, 2.45) is 5.16 Å². The molecule has 1 atom stereocenters. The second-order valence-electron chi connectivity index (χ2n) is 4.59. The fourth-order valence-corrected chi connectivity index (χ4v) is 2.92. The van der Waals surface area contributed by atoms with E-state index in [0.717, 1.165) is 26.7 Å². The van der Waals surface area contributed by atoms with Gasteiger partial charge in [-0.05, 0) is 33.8 Å². The zero-order valence-corrected chi connectivity index (χ0v) is 14.0. The predicted molar refractivity (Wildman–Crippen MR) is 91.3 cm³/mol. The smallest absolute Gasteiger partial charge is 0.147 e. The largest absolute Gasteiger partial charge is 0.411 e. The molecule has 0 radical (unpaired) electrons. The Morgan fingerprint density at radius 1 is 1.52 bits per heavy atom. The van der Waals surface area contributed by atoms with Crippen LogP contribution in [0.15, 0.2) is 34.0 Å². The van der Waals surface area contributed by atoms with Crippen molar-refractivity contribution >= 4 is 44.3 Å². The maximum absolute atomic E-state index is 10.0. The molecule has 21 heavy (non-hydrogen) atoms. The van der Waals surface area contributed by atoms with E-state index >= 15 is 0 Å². The van der Waals surface area contributed by atoms with Crippen molar-refractivity contribution < 1.29 is 10.3 Å². The van der Waals surface area contributed by atoms with Crippen molar-refractivity contribution in [1.29, 1.82) is 0 Å². The quantitative estimate of drug-likeness (QED) is 0.198. The fraction of sp³-hybridized carbons (Fsp3) is 0.357. The Morgan fingerprint density at radius 2 is 2.33 bits per heavy atom. The number of hydrogen-bond donors (Lipinski definition) is 4. The van der Waals surface area contributed by atoms with E-state index in [4.69, 9.17) is 5.21 Å². The van der Waals surface area contributed by atoms with Gasteiger partial charge in [0.25, 0.3) is 0 Å². The molecule has 1 aromatic heterocycles. The van der Waals surface area contributed by atoms with E-state index in [2.05, 4.69) is 31.4 Å². The summed E-state index contributed by atoms with van der Waals surface area (Å²) in [6.07, 6.45) is 3.30. The lowest BCUT2D eigenvalue weighted by Gasteiger charge is -2.13. The maximum Gasteiger partial charge on any atom is 0.147 e. The van der Waals surface area contributed by atoms with Gasteiger partial charge in [0.2, 0.25) is 0 Å². The lowest BCUT2D eigenvalue weighted by atomic mass is 10.1. The molecule has 4 N–H and O–H groups in total.